The summed E-state index contributed by atoms with van der Waals surface area (Å²) < 4.78 is 26.6. The zero-order valence-corrected chi connectivity index (χ0v) is 9.50. The van der Waals surface area contributed by atoms with Gasteiger partial charge in [0.2, 0.25) is 0 Å². The molecule has 0 aliphatic carbocycles. The van der Waals surface area contributed by atoms with Gasteiger partial charge >= 0.3 is 0 Å². The number of halogens is 2. The molecule has 0 heterocycles. The maximum Gasteiger partial charge on any atom is 0.128 e. The van der Waals surface area contributed by atoms with Gasteiger partial charge in [0.15, 0.2) is 0 Å². The van der Waals surface area contributed by atoms with Crippen molar-refractivity contribution in [1.82, 2.24) is 5.32 Å². The van der Waals surface area contributed by atoms with Crippen LogP contribution in [0.15, 0.2) is 18.2 Å². The maximum atomic E-state index is 13.6. The fourth-order valence-corrected chi connectivity index (χ4v) is 1.87. The summed E-state index contributed by atoms with van der Waals surface area (Å²) in [5, 5.41) is 12.1. The number of aliphatic hydroxyl groups excluding tert-OH is 1. The lowest BCUT2D eigenvalue weighted by atomic mass is 9.91. The van der Waals surface area contributed by atoms with Crippen molar-refractivity contribution >= 4 is 0 Å². The molecule has 0 aromatic heterocycles. The second-order valence-corrected chi connectivity index (χ2v) is 3.78. The van der Waals surface area contributed by atoms with Crippen molar-refractivity contribution in [1.29, 1.82) is 0 Å². The third-order valence-electron chi connectivity index (χ3n) is 2.83. The van der Waals surface area contributed by atoms with Gasteiger partial charge in [0.1, 0.15) is 11.6 Å². The normalized spacial score (nSPS) is 14.8. The number of hydrogen-bond acceptors (Lipinski definition) is 2. The van der Waals surface area contributed by atoms with Crippen molar-refractivity contribution in [2.75, 3.05) is 13.7 Å². The maximum absolute atomic E-state index is 13.6. The largest absolute Gasteiger partial charge is 0.396 e. The molecule has 1 aromatic rings. The molecule has 1 rings (SSSR count). The zero-order chi connectivity index (χ0) is 12.1. The summed E-state index contributed by atoms with van der Waals surface area (Å²) in [6.07, 6.45) is 0.692. The molecule has 0 aliphatic heterocycles. The minimum absolute atomic E-state index is 0.0576. The molecule has 2 atom stereocenters. The van der Waals surface area contributed by atoms with E-state index in [4.69, 9.17) is 0 Å². The lowest BCUT2D eigenvalue weighted by Crippen LogP contribution is -2.28. The Morgan fingerprint density at radius 3 is 2.56 bits per heavy atom. The highest BCUT2D eigenvalue weighted by Crippen LogP contribution is 2.26. The van der Waals surface area contributed by atoms with E-state index < -0.39 is 11.6 Å². The van der Waals surface area contributed by atoms with Crippen molar-refractivity contribution in [2.24, 2.45) is 5.92 Å². The van der Waals surface area contributed by atoms with Gasteiger partial charge in [-0.15, -0.1) is 0 Å². The summed E-state index contributed by atoms with van der Waals surface area (Å²) in [6.45, 7) is 1.85. The Labute approximate surface area is 94.3 Å². The van der Waals surface area contributed by atoms with Crippen LogP contribution in [0.3, 0.4) is 0 Å². The molecule has 0 aliphatic rings. The minimum atomic E-state index is -0.468. The standard InChI is InChI=1S/C12H17F2NO/c1-3-8(7-16)12(15-2)10-6-9(13)4-5-11(10)14/h4-6,8,12,15-16H,3,7H2,1-2H3. The summed E-state index contributed by atoms with van der Waals surface area (Å²) in [6, 6.07) is 3.00. The summed E-state index contributed by atoms with van der Waals surface area (Å²) >= 11 is 0. The van der Waals surface area contributed by atoms with Crippen molar-refractivity contribution in [3.8, 4) is 0 Å². The van der Waals surface area contributed by atoms with Gasteiger partial charge in [-0.05, 0) is 31.7 Å². The van der Waals surface area contributed by atoms with Crippen LogP contribution in [-0.2, 0) is 0 Å². The van der Waals surface area contributed by atoms with Crippen LogP contribution in [-0.4, -0.2) is 18.8 Å². The van der Waals surface area contributed by atoms with E-state index >= 15 is 0 Å². The van der Waals surface area contributed by atoms with Gasteiger partial charge in [-0.2, -0.15) is 0 Å². The van der Waals surface area contributed by atoms with Gasteiger partial charge in [-0.25, -0.2) is 8.78 Å². The van der Waals surface area contributed by atoms with Gasteiger partial charge in [-0.1, -0.05) is 6.92 Å². The van der Waals surface area contributed by atoms with Crippen molar-refractivity contribution in [2.45, 2.75) is 19.4 Å². The van der Waals surface area contributed by atoms with Crippen LogP contribution < -0.4 is 5.32 Å². The molecule has 0 amide bonds. The first kappa shape index (κ1) is 13.1. The van der Waals surface area contributed by atoms with E-state index in [0.29, 0.717) is 6.42 Å². The molecule has 2 nitrogen and oxygen atoms in total. The number of benzene rings is 1. The van der Waals surface area contributed by atoms with Crippen molar-refractivity contribution in [3.05, 3.63) is 35.4 Å². The Balaban J connectivity index is 3.06. The predicted molar refractivity (Wildman–Crippen MR) is 59.0 cm³/mol. The molecule has 0 saturated carbocycles. The average Bonchev–Trinajstić information content (AvgIpc) is 2.29. The Morgan fingerprint density at radius 1 is 1.38 bits per heavy atom. The van der Waals surface area contributed by atoms with Crippen LogP contribution in [0.25, 0.3) is 0 Å². The van der Waals surface area contributed by atoms with E-state index in [1.807, 2.05) is 6.92 Å². The second-order valence-electron chi connectivity index (χ2n) is 3.78. The van der Waals surface area contributed by atoms with Gasteiger partial charge in [-0.3, -0.25) is 0 Å². The molecule has 2 N–H and O–H groups in total. The van der Waals surface area contributed by atoms with E-state index in [9.17, 15) is 13.9 Å². The highest BCUT2D eigenvalue weighted by atomic mass is 19.1. The molecule has 4 heteroatoms. The van der Waals surface area contributed by atoms with Gasteiger partial charge in [0.05, 0.1) is 0 Å². The third-order valence-corrected chi connectivity index (χ3v) is 2.83. The van der Waals surface area contributed by atoms with E-state index in [2.05, 4.69) is 5.32 Å². The monoisotopic (exact) mass is 229 g/mol. The smallest absolute Gasteiger partial charge is 0.128 e. The third kappa shape index (κ3) is 2.77. The lowest BCUT2D eigenvalue weighted by Gasteiger charge is -2.25. The molecule has 0 saturated heterocycles. The van der Waals surface area contributed by atoms with Crippen LogP contribution in [0, 0.1) is 17.6 Å². The van der Waals surface area contributed by atoms with Crippen LogP contribution in [0.4, 0.5) is 8.78 Å². The van der Waals surface area contributed by atoms with Crippen LogP contribution in [0.2, 0.25) is 0 Å². The first-order valence-corrected chi connectivity index (χ1v) is 5.37. The molecule has 0 radical (unpaired) electrons. The number of aliphatic hydroxyl groups is 1. The molecule has 2 unspecified atom stereocenters. The summed E-state index contributed by atoms with van der Waals surface area (Å²) in [5.74, 6) is -1.04. The van der Waals surface area contributed by atoms with Gasteiger partial charge in [0.25, 0.3) is 0 Å². The highest BCUT2D eigenvalue weighted by Gasteiger charge is 2.22. The summed E-state index contributed by atoms with van der Waals surface area (Å²) in [5.41, 5.74) is 0.267. The number of rotatable bonds is 5. The topological polar surface area (TPSA) is 32.3 Å². The van der Waals surface area contributed by atoms with E-state index in [1.54, 1.807) is 7.05 Å². The fraction of sp³-hybridized carbons (Fsp3) is 0.500. The molecule has 16 heavy (non-hydrogen) atoms. The Kier molecular flexibility index (Phi) is 4.83. The van der Waals surface area contributed by atoms with E-state index in [-0.39, 0.29) is 24.1 Å². The average molecular weight is 229 g/mol. The second kappa shape index (κ2) is 5.92. The fourth-order valence-electron chi connectivity index (χ4n) is 1.87. The molecule has 0 bridgehead atoms. The highest BCUT2D eigenvalue weighted by molar-refractivity contribution is 5.23. The number of nitrogens with one attached hydrogen (secondary N) is 1. The molecule has 0 fully saturated rings. The first-order chi connectivity index (χ1) is 7.63. The van der Waals surface area contributed by atoms with E-state index in [1.165, 1.54) is 6.07 Å². The number of hydrogen-bond donors (Lipinski definition) is 2. The SMILES string of the molecule is CCC(CO)C(NC)c1cc(F)ccc1F. The molecule has 0 spiro atoms. The minimum Gasteiger partial charge on any atom is -0.396 e. The molecular weight excluding hydrogens is 212 g/mol. The predicted octanol–water partition coefficient (Wildman–Crippen LogP) is 2.24. The Bertz CT molecular complexity index is 340. The van der Waals surface area contributed by atoms with Crippen LogP contribution >= 0.6 is 0 Å². The molecular formula is C12H17F2NO. The summed E-state index contributed by atoms with van der Waals surface area (Å²) in [7, 11) is 1.67. The van der Waals surface area contributed by atoms with Gasteiger partial charge < -0.3 is 10.4 Å². The Hall–Kier alpha value is -1.00. The molecule has 90 valence electrons. The molecule has 1 aromatic carbocycles. The van der Waals surface area contributed by atoms with Crippen molar-refractivity contribution in [3.63, 3.8) is 0 Å². The van der Waals surface area contributed by atoms with Crippen LogP contribution in [0.5, 0.6) is 0 Å². The van der Waals surface area contributed by atoms with Gasteiger partial charge in [0, 0.05) is 24.1 Å². The van der Waals surface area contributed by atoms with Crippen molar-refractivity contribution < 1.29 is 13.9 Å². The van der Waals surface area contributed by atoms with Crippen LogP contribution in [0.1, 0.15) is 24.9 Å². The lowest BCUT2D eigenvalue weighted by molar-refractivity contribution is 0.187. The zero-order valence-electron chi connectivity index (χ0n) is 9.50. The summed E-state index contributed by atoms with van der Waals surface area (Å²) in [4.78, 5) is 0. The first-order valence-electron chi connectivity index (χ1n) is 5.37. The van der Waals surface area contributed by atoms with E-state index in [0.717, 1.165) is 12.1 Å². The quantitative estimate of drug-likeness (QED) is 0.811. The Morgan fingerprint density at radius 2 is 2.06 bits per heavy atom.